The van der Waals surface area contributed by atoms with Crippen LogP contribution in [0.4, 0.5) is 5.69 Å². The van der Waals surface area contributed by atoms with Crippen LogP contribution in [0.2, 0.25) is 5.02 Å². The number of carbonyl (C=O) groups is 1. The van der Waals surface area contributed by atoms with E-state index in [4.69, 9.17) is 11.6 Å². The number of nitrogens with one attached hydrogen (secondary N) is 2. The van der Waals surface area contributed by atoms with Crippen LogP contribution in [-0.2, 0) is 10.0 Å². The highest BCUT2D eigenvalue weighted by atomic mass is 35.5. The average Bonchev–Trinajstić information content (AvgIpc) is 2.99. The standard InChI is InChI=1S/C22H18ClN3O3S/c1-14(15-6-10-17(23)11-7-15)24-22(27)16-8-12-18(13-9-16)25-21-19-4-2-3-5-20(19)30(28,29)26-21/h2-14H,1H3,(H,24,27)(H,25,26). The van der Waals surface area contributed by atoms with Crippen molar-refractivity contribution in [1.82, 2.24) is 5.32 Å². The van der Waals surface area contributed by atoms with E-state index in [-0.39, 0.29) is 22.7 Å². The SMILES string of the molecule is CC(NC(=O)c1ccc(NC2=NS(=O)(=O)c3ccccc32)cc1)c1ccc(Cl)cc1. The lowest BCUT2D eigenvalue weighted by Crippen LogP contribution is -2.26. The van der Waals surface area contributed by atoms with Crippen molar-refractivity contribution in [2.24, 2.45) is 4.40 Å². The van der Waals surface area contributed by atoms with Crippen LogP contribution in [0.25, 0.3) is 0 Å². The summed E-state index contributed by atoms with van der Waals surface area (Å²) in [7, 11) is -3.69. The maximum Gasteiger partial charge on any atom is 0.285 e. The van der Waals surface area contributed by atoms with Crippen molar-refractivity contribution < 1.29 is 13.2 Å². The zero-order valence-electron chi connectivity index (χ0n) is 16.0. The van der Waals surface area contributed by atoms with E-state index in [1.54, 1.807) is 54.6 Å². The molecule has 0 fully saturated rings. The maximum atomic E-state index is 12.5. The maximum absolute atomic E-state index is 12.5. The Balaban J connectivity index is 1.46. The van der Waals surface area contributed by atoms with Crippen LogP contribution in [0.3, 0.4) is 0 Å². The number of amides is 1. The van der Waals surface area contributed by atoms with Gasteiger partial charge in [0.05, 0.1) is 6.04 Å². The van der Waals surface area contributed by atoms with Gasteiger partial charge in [0.2, 0.25) is 0 Å². The summed E-state index contributed by atoms with van der Waals surface area (Å²) in [6, 6.07) is 20.5. The number of carbonyl (C=O) groups excluding carboxylic acids is 1. The van der Waals surface area contributed by atoms with E-state index in [2.05, 4.69) is 15.0 Å². The highest BCUT2D eigenvalue weighted by molar-refractivity contribution is 7.90. The number of anilines is 1. The molecule has 1 aliphatic heterocycles. The quantitative estimate of drug-likeness (QED) is 0.631. The van der Waals surface area contributed by atoms with Crippen LogP contribution in [0.15, 0.2) is 82.1 Å². The fraction of sp³-hybridized carbons (Fsp3) is 0.0909. The van der Waals surface area contributed by atoms with Crippen LogP contribution in [0.1, 0.15) is 34.5 Å². The van der Waals surface area contributed by atoms with Gasteiger partial charge in [-0.25, -0.2) is 0 Å². The average molecular weight is 440 g/mol. The molecule has 1 amide bonds. The molecule has 1 unspecified atom stereocenters. The van der Waals surface area contributed by atoms with Gasteiger partial charge in [0.1, 0.15) is 4.90 Å². The number of rotatable bonds is 4. The van der Waals surface area contributed by atoms with Crippen molar-refractivity contribution in [2.45, 2.75) is 17.9 Å². The summed E-state index contributed by atoms with van der Waals surface area (Å²) < 4.78 is 28.1. The fourth-order valence-electron chi connectivity index (χ4n) is 3.15. The van der Waals surface area contributed by atoms with Crippen LogP contribution >= 0.6 is 11.6 Å². The first-order valence-electron chi connectivity index (χ1n) is 9.21. The number of hydrogen-bond acceptors (Lipinski definition) is 4. The molecule has 0 saturated carbocycles. The number of hydrogen-bond donors (Lipinski definition) is 2. The van der Waals surface area contributed by atoms with E-state index in [0.29, 0.717) is 21.8 Å². The highest BCUT2D eigenvalue weighted by Gasteiger charge is 2.28. The minimum absolute atomic E-state index is 0.179. The molecule has 0 radical (unpaired) electrons. The van der Waals surface area contributed by atoms with E-state index in [1.807, 2.05) is 19.1 Å². The smallest absolute Gasteiger partial charge is 0.285 e. The third-order valence-electron chi connectivity index (χ3n) is 4.76. The van der Waals surface area contributed by atoms with Gasteiger partial charge in [-0.15, -0.1) is 4.40 Å². The van der Waals surface area contributed by atoms with Gasteiger partial charge in [-0.2, -0.15) is 8.42 Å². The van der Waals surface area contributed by atoms with Crippen molar-refractivity contribution >= 4 is 39.1 Å². The van der Waals surface area contributed by atoms with E-state index >= 15 is 0 Å². The van der Waals surface area contributed by atoms with Crippen molar-refractivity contribution in [3.05, 3.63) is 94.5 Å². The molecule has 0 saturated heterocycles. The summed E-state index contributed by atoms with van der Waals surface area (Å²) in [6.07, 6.45) is 0. The van der Waals surface area contributed by atoms with Crippen molar-refractivity contribution in [1.29, 1.82) is 0 Å². The molecular weight excluding hydrogens is 422 g/mol. The number of amidine groups is 1. The molecule has 1 atom stereocenters. The number of halogens is 1. The van der Waals surface area contributed by atoms with Gasteiger partial charge < -0.3 is 10.6 Å². The lowest BCUT2D eigenvalue weighted by atomic mass is 10.1. The third-order valence-corrected chi connectivity index (χ3v) is 6.35. The van der Waals surface area contributed by atoms with Crippen molar-refractivity contribution in [3.63, 3.8) is 0 Å². The first kappa shape index (κ1) is 20.1. The van der Waals surface area contributed by atoms with Gasteiger partial charge >= 0.3 is 0 Å². The number of fused-ring (bicyclic) bond motifs is 1. The summed E-state index contributed by atoms with van der Waals surface area (Å²) >= 11 is 5.90. The van der Waals surface area contributed by atoms with Gasteiger partial charge in [0.15, 0.2) is 5.84 Å². The molecule has 0 spiro atoms. The minimum atomic E-state index is -3.69. The molecule has 6 nitrogen and oxygen atoms in total. The Morgan fingerprint density at radius 2 is 1.63 bits per heavy atom. The number of benzene rings is 3. The molecule has 3 aromatic rings. The predicted octanol–water partition coefficient (Wildman–Crippen LogP) is 4.39. The van der Waals surface area contributed by atoms with E-state index < -0.39 is 10.0 Å². The Labute approximate surface area is 179 Å². The Bertz CT molecular complexity index is 1240. The Morgan fingerprint density at radius 3 is 2.33 bits per heavy atom. The fourth-order valence-corrected chi connectivity index (χ4v) is 4.45. The molecular formula is C22H18ClN3O3S. The van der Waals surface area contributed by atoms with Gasteiger partial charge in [-0.3, -0.25) is 4.79 Å². The predicted molar refractivity (Wildman–Crippen MR) is 118 cm³/mol. The summed E-state index contributed by atoms with van der Waals surface area (Å²) in [6.45, 7) is 1.90. The monoisotopic (exact) mass is 439 g/mol. The molecule has 3 aromatic carbocycles. The molecule has 30 heavy (non-hydrogen) atoms. The summed E-state index contributed by atoms with van der Waals surface area (Å²) in [5, 5.41) is 6.60. The molecule has 0 aliphatic carbocycles. The first-order chi connectivity index (χ1) is 14.3. The second-order valence-corrected chi connectivity index (χ2v) is 8.87. The Kier molecular flexibility index (Phi) is 5.32. The minimum Gasteiger partial charge on any atom is -0.346 e. The van der Waals surface area contributed by atoms with Crippen LogP contribution in [0, 0.1) is 0 Å². The molecule has 1 aliphatic rings. The largest absolute Gasteiger partial charge is 0.346 e. The molecule has 152 valence electrons. The molecule has 0 aromatic heterocycles. The van der Waals surface area contributed by atoms with Gasteiger partial charge in [0, 0.05) is 21.8 Å². The van der Waals surface area contributed by atoms with Crippen LogP contribution in [0.5, 0.6) is 0 Å². The normalized spacial score (nSPS) is 15.1. The first-order valence-corrected chi connectivity index (χ1v) is 11.0. The van der Waals surface area contributed by atoms with Gasteiger partial charge in [-0.1, -0.05) is 35.9 Å². The Morgan fingerprint density at radius 1 is 0.967 bits per heavy atom. The zero-order valence-corrected chi connectivity index (χ0v) is 17.5. The Hall–Kier alpha value is -3.16. The van der Waals surface area contributed by atoms with E-state index in [9.17, 15) is 13.2 Å². The molecule has 1 heterocycles. The molecule has 0 bridgehead atoms. The summed E-state index contributed by atoms with van der Waals surface area (Å²) in [5.41, 5.74) is 2.59. The topological polar surface area (TPSA) is 87.6 Å². The molecule has 4 rings (SSSR count). The second-order valence-electron chi connectivity index (χ2n) is 6.86. The summed E-state index contributed by atoms with van der Waals surface area (Å²) in [4.78, 5) is 12.7. The lowest BCUT2D eigenvalue weighted by molar-refractivity contribution is 0.0940. The van der Waals surface area contributed by atoms with Gasteiger partial charge in [0.25, 0.3) is 15.9 Å². The van der Waals surface area contributed by atoms with Gasteiger partial charge in [-0.05, 0) is 61.0 Å². The second kappa shape index (κ2) is 7.93. The molecule has 2 N–H and O–H groups in total. The van der Waals surface area contributed by atoms with E-state index in [0.717, 1.165) is 5.56 Å². The number of sulfonamides is 1. The van der Waals surface area contributed by atoms with Crippen molar-refractivity contribution in [3.8, 4) is 0 Å². The molecule has 8 heteroatoms. The van der Waals surface area contributed by atoms with Crippen LogP contribution < -0.4 is 10.6 Å². The van der Waals surface area contributed by atoms with E-state index in [1.165, 1.54) is 6.07 Å². The zero-order chi connectivity index (χ0) is 21.3. The number of nitrogens with zero attached hydrogens (tertiary/aromatic N) is 1. The third kappa shape index (κ3) is 4.08. The van der Waals surface area contributed by atoms with Crippen LogP contribution in [-0.4, -0.2) is 20.2 Å². The lowest BCUT2D eigenvalue weighted by Gasteiger charge is -2.15. The summed E-state index contributed by atoms with van der Waals surface area (Å²) in [5.74, 6) is 0.0503. The van der Waals surface area contributed by atoms with Crippen molar-refractivity contribution in [2.75, 3.05) is 5.32 Å². The highest BCUT2D eigenvalue weighted by Crippen LogP contribution is 2.26.